The lowest BCUT2D eigenvalue weighted by atomic mass is 9.93. The van der Waals surface area contributed by atoms with Crippen LogP contribution >= 0.6 is 0 Å². The summed E-state index contributed by atoms with van der Waals surface area (Å²) in [4.78, 5) is 17.3. The molecule has 0 unspecified atom stereocenters. The molecule has 0 aromatic rings. The zero-order valence-corrected chi connectivity index (χ0v) is 17.3. The van der Waals surface area contributed by atoms with Gasteiger partial charge in [0.1, 0.15) is 0 Å². The fourth-order valence-corrected chi connectivity index (χ4v) is 3.91. The van der Waals surface area contributed by atoms with Crippen LogP contribution in [-0.2, 0) is 4.79 Å². The largest absolute Gasteiger partial charge is 0.309 e. The Morgan fingerprint density at radius 2 is 1.75 bits per heavy atom. The van der Waals surface area contributed by atoms with Gasteiger partial charge in [0.15, 0.2) is 0 Å². The maximum absolute atomic E-state index is 12.7. The van der Waals surface area contributed by atoms with E-state index < -0.39 is 0 Å². The number of nitrogens with zero attached hydrogens (tertiary/aromatic N) is 2. The standard InChI is InChI=1S/C25H34N2O/c1-5-8-9-12-21(4)15-18-26-19-16-23(17-20-26)27-24(11-7-3)22(10-6-2)13-14-25(27)28/h5-12,23H,1-3,13-20H2,4H3/b9-8-,21-12+,22-10-,24-11+. The van der Waals surface area contributed by atoms with Crippen LogP contribution in [0.5, 0.6) is 0 Å². The third-order valence-corrected chi connectivity index (χ3v) is 5.43. The van der Waals surface area contributed by atoms with Crippen molar-refractivity contribution in [2.75, 3.05) is 19.6 Å². The van der Waals surface area contributed by atoms with Crippen molar-refractivity contribution in [2.24, 2.45) is 0 Å². The van der Waals surface area contributed by atoms with Gasteiger partial charge in [-0.3, -0.25) is 4.79 Å². The SMILES string of the molecule is C=C/C=C\C=C(/C)CCN1CCC(N2C(=O)CCC(=C/C=C)/C2=C\C=C)CC1. The van der Waals surface area contributed by atoms with Crippen LogP contribution in [0.4, 0.5) is 0 Å². The first-order valence-electron chi connectivity index (χ1n) is 10.2. The molecule has 3 heteroatoms. The van der Waals surface area contributed by atoms with E-state index in [1.54, 1.807) is 12.2 Å². The highest BCUT2D eigenvalue weighted by Crippen LogP contribution is 2.32. The Bertz CT molecular complexity index is 700. The van der Waals surface area contributed by atoms with Crippen LogP contribution in [0.3, 0.4) is 0 Å². The zero-order chi connectivity index (χ0) is 20.4. The second-order valence-electron chi connectivity index (χ2n) is 7.44. The smallest absolute Gasteiger partial charge is 0.227 e. The summed E-state index contributed by atoms with van der Waals surface area (Å²) < 4.78 is 0. The van der Waals surface area contributed by atoms with E-state index in [1.807, 2.05) is 35.3 Å². The van der Waals surface area contributed by atoms with Gasteiger partial charge < -0.3 is 9.80 Å². The predicted molar refractivity (Wildman–Crippen MR) is 120 cm³/mol. The first-order valence-corrected chi connectivity index (χ1v) is 10.2. The van der Waals surface area contributed by atoms with E-state index >= 15 is 0 Å². The number of carbonyl (C=O) groups excluding carboxylic acids is 1. The molecule has 2 fully saturated rings. The third kappa shape index (κ3) is 6.07. The van der Waals surface area contributed by atoms with Crippen molar-refractivity contribution in [1.29, 1.82) is 0 Å². The van der Waals surface area contributed by atoms with E-state index in [0.717, 1.165) is 51.0 Å². The van der Waals surface area contributed by atoms with Crippen LogP contribution in [-0.4, -0.2) is 41.4 Å². The van der Waals surface area contributed by atoms with Gasteiger partial charge in [0.25, 0.3) is 0 Å². The minimum absolute atomic E-state index is 0.237. The molecule has 28 heavy (non-hydrogen) atoms. The number of amides is 1. The molecular weight excluding hydrogens is 344 g/mol. The number of likely N-dealkylation sites (tertiary alicyclic amines) is 2. The van der Waals surface area contributed by atoms with Gasteiger partial charge in [0.05, 0.1) is 0 Å². The molecule has 3 nitrogen and oxygen atoms in total. The van der Waals surface area contributed by atoms with Gasteiger partial charge in [-0.15, -0.1) is 0 Å². The number of piperidine rings is 2. The van der Waals surface area contributed by atoms with Crippen molar-refractivity contribution >= 4 is 5.91 Å². The average molecular weight is 379 g/mol. The first kappa shape index (κ1) is 21.9. The lowest BCUT2D eigenvalue weighted by Gasteiger charge is -2.42. The normalized spacial score (nSPS) is 23.0. The number of hydrogen-bond acceptors (Lipinski definition) is 2. The molecule has 2 heterocycles. The van der Waals surface area contributed by atoms with Crippen LogP contribution in [0.15, 0.2) is 85.2 Å². The number of hydrogen-bond donors (Lipinski definition) is 0. The lowest BCUT2D eigenvalue weighted by molar-refractivity contribution is -0.132. The summed E-state index contributed by atoms with van der Waals surface area (Å²) in [6.45, 7) is 16.7. The topological polar surface area (TPSA) is 23.6 Å². The van der Waals surface area contributed by atoms with E-state index in [9.17, 15) is 4.79 Å². The molecule has 2 aliphatic rings. The quantitative estimate of drug-likeness (QED) is 0.533. The molecule has 0 aromatic heterocycles. The van der Waals surface area contributed by atoms with Gasteiger partial charge in [-0.1, -0.05) is 67.8 Å². The summed E-state index contributed by atoms with van der Waals surface area (Å²) in [6.07, 6.45) is 20.0. The van der Waals surface area contributed by atoms with Gasteiger partial charge in [-0.25, -0.2) is 0 Å². The summed E-state index contributed by atoms with van der Waals surface area (Å²) >= 11 is 0. The molecule has 0 N–H and O–H groups in total. The highest BCUT2D eigenvalue weighted by atomic mass is 16.2. The molecular formula is C25H34N2O. The minimum atomic E-state index is 0.237. The summed E-state index contributed by atoms with van der Waals surface area (Å²) in [5, 5.41) is 0. The minimum Gasteiger partial charge on any atom is -0.309 e. The molecule has 0 aromatic carbocycles. The van der Waals surface area contributed by atoms with Crippen molar-refractivity contribution in [3.63, 3.8) is 0 Å². The summed E-state index contributed by atoms with van der Waals surface area (Å²) in [6, 6.07) is 0.274. The van der Waals surface area contributed by atoms with Gasteiger partial charge >= 0.3 is 0 Å². The van der Waals surface area contributed by atoms with Crippen LogP contribution in [0.25, 0.3) is 0 Å². The van der Waals surface area contributed by atoms with E-state index in [0.29, 0.717) is 6.42 Å². The van der Waals surface area contributed by atoms with Crippen LogP contribution < -0.4 is 0 Å². The van der Waals surface area contributed by atoms with Crippen LogP contribution in [0, 0.1) is 0 Å². The van der Waals surface area contributed by atoms with E-state index in [-0.39, 0.29) is 11.9 Å². The van der Waals surface area contributed by atoms with Crippen LogP contribution in [0.2, 0.25) is 0 Å². The van der Waals surface area contributed by atoms with Crippen molar-refractivity contribution in [2.45, 2.75) is 45.1 Å². The first-order chi connectivity index (χ1) is 13.6. The Morgan fingerprint density at radius 3 is 2.39 bits per heavy atom. The molecule has 0 atom stereocenters. The van der Waals surface area contributed by atoms with Crippen molar-refractivity contribution in [3.8, 4) is 0 Å². The van der Waals surface area contributed by atoms with Gasteiger partial charge in [-0.05, 0) is 44.3 Å². The highest BCUT2D eigenvalue weighted by Gasteiger charge is 2.33. The second kappa shape index (κ2) is 11.5. The molecule has 0 aliphatic carbocycles. The maximum atomic E-state index is 12.7. The highest BCUT2D eigenvalue weighted by molar-refractivity contribution is 5.82. The fourth-order valence-electron chi connectivity index (χ4n) is 3.91. The van der Waals surface area contributed by atoms with Gasteiger partial charge in [0, 0.05) is 37.8 Å². The maximum Gasteiger partial charge on any atom is 0.227 e. The van der Waals surface area contributed by atoms with Gasteiger partial charge in [0.2, 0.25) is 5.91 Å². The summed E-state index contributed by atoms with van der Waals surface area (Å²) in [7, 11) is 0. The second-order valence-corrected chi connectivity index (χ2v) is 7.44. The average Bonchev–Trinajstić information content (AvgIpc) is 2.70. The monoisotopic (exact) mass is 378 g/mol. The van der Waals surface area contributed by atoms with Gasteiger partial charge in [-0.2, -0.15) is 0 Å². The Balaban J connectivity index is 1.97. The molecule has 0 radical (unpaired) electrons. The number of allylic oxidation sites excluding steroid dienone is 9. The molecule has 2 aliphatic heterocycles. The molecule has 2 rings (SSSR count). The summed E-state index contributed by atoms with van der Waals surface area (Å²) in [5.74, 6) is 0.237. The van der Waals surface area contributed by atoms with E-state index in [4.69, 9.17) is 0 Å². The predicted octanol–water partition coefficient (Wildman–Crippen LogP) is 5.33. The lowest BCUT2D eigenvalue weighted by Crippen LogP contribution is -2.48. The molecule has 150 valence electrons. The van der Waals surface area contributed by atoms with Crippen molar-refractivity contribution < 1.29 is 4.79 Å². The zero-order valence-electron chi connectivity index (χ0n) is 17.3. The fraction of sp³-hybridized carbons (Fsp3) is 0.400. The molecule has 2 saturated heterocycles. The Kier molecular flexibility index (Phi) is 8.96. The molecule has 1 amide bonds. The van der Waals surface area contributed by atoms with Crippen molar-refractivity contribution in [3.05, 3.63) is 85.2 Å². The van der Waals surface area contributed by atoms with E-state index in [1.165, 1.54) is 11.1 Å². The Hall–Kier alpha value is -2.39. The number of rotatable bonds is 8. The summed E-state index contributed by atoms with van der Waals surface area (Å²) in [5.41, 5.74) is 3.57. The molecule has 0 bridgehead atoms. The third-order valence-electron chi connectivity index (χ3n) is 5.43. The molecule has 0 saturated carbocycles. The van der Waals surface area contributed by atoms with Crippen LogP contribution in [0.1, 0.15) is 39.0 Å². The number of carbonyl (C=O) groups is 1. The Morgan fingerprint density at radius 1 is 1.04 bits per heavy atom. The Labute approximate surface area is 170 Å². The van der Waals surface area contributed by atoms with E-state index in [2.05, 4.69) is 37.6 Å². The van der Waals surface area contributed by atoms with Crippen molar-refractivity contribution in [1.82, 2.24) is 9.80 Å². The molecule has 0 spiro atoms.